The Morgan fingerprint density at radius 3 is 1.95 bits per heavy atom. The van der Waals surface area contributed by atoms with Crippen molar-refractivity contribution in [3.63, 3.8) is 0 Å². The van der Waals surface area contributed by atoms with E-state index in [1.54, 1.807) is 0 Å². The average Bonchev–Trinajstić information content (AvgIpc) is 2.77. The van der Waals surface area contributed by atoms with E-state index in [9.17, 15) is 22.0 Å². The van der Waals surface area contributed by atoms with Crippen molar-refractivity contribution in [2.24, 2.45) is 0 Å². The molecule has 0 unspecified atom stereocenters. The van der Waals surface area contributed by atoms with Gasteiger partial charge < -0.3 is 0 Å². The molecule has 2 nitrogen and oxygen atoms in total. The van der Waals surface area contributed by atoms with Gasteiger partial charge in [0.1, 0.15) is 5.69 Å². The van der Waals surface area contributed by atoms with Gasteiger partial charge in [-0.05, 0) is 18.2 Å². The Morgan fingerprint density at radius 2 is 1.57 bits per heavy atom. The number of nitrogens with zero attached hydrogens (tertiary/aromatic N) is 2. The van der Waals surface area contributed by atoms with E-state index < -0.39 is 29.2 Å². The zero-order valence-electron chi connectivity index (χ0n) is 9.53. The van der Waals surface area contributed by atoms with Crippen molar-refractivity contribution in [3.05, 3.63) is 46.2 Å². The molecule has 1 aromatic carbocycles. The predicted octanol–water partition coefficient (Wildman–Crippen LogP) is 5.62. The molecule has 11 heteroatoms. The SMILES string of the molecule is Fc1cc(Br)cc(F)c1-n1ccc(C(F)(F)F)n1.[Br][Cu][Br]. The van der Waals surface area contributed by atoms with Crippen molar-refractivity contribution < 1.29 is 33.3 Å². The number of alkyl halides is 3. The third-order valence-electron chi connectivity index (χ3n) is 2.09. The molecule has 0 amide bonds. The zero-order chi connectivity index (χ0) is 16.2. The van der Waals surface area contributed by atoms with Crippen LogP contribution in [-0.4, -0.2) is 9.78 Å². The molecule has 0 aliphatic carbocycles. The first-order valence-corrected chi connectivity index (χ1v) is 10.2. The average molecular weight is 550 g/mol. The van der Waals surface area contributed by atoms with Crippen molar-refractivity contribution in [2.75, 3.05) is 0 Å². The summed E-state index contributed by atoms with van der Waals surface area (Å²) in [4.78, 5) is 0. The number of hydrogen-bond donors (Lipinski definition) is 0. The van der Waals surface area contributed by atoms with Crippen molar-refractivity contribution in [3.8, 4) is 5.69 Å². The van der Waals surface area contributed by atoms with E-state index in [1.165, 1.54) is 11.3 Å². The fraction of sp³-hybridized carbons (Fsp3) is 0.100. The number of hydrogen-bond acceptors (Lipinski definition) is 1. The van der Waals surface area contributed by atoms with Crippen LogP contribution in [0, 0.1) is 11.6 Å². The van der Waals surface area contributed by atoms with E-state index in [2.05, 4.69) is 49.2 Å². The summed E-state index contributed by atoms with van der Waals surface area (Å²) in [6.07, 6.45) is -3.81. The van der Waals surface area contributed by atoms with Gasteiger partial charge in [0.25, 0.3) is 0 Å². The predicted molar refractivity (Wildman–Crippen MR) is 74.0 cm³/mol. The van der Waals surface area contributed by atoms with Gasteiger partial charge >= 0.3 is 45.7 Å². The second-order valence-corrected chi connectivity index (χ2v) is 9.07. The molecule has 1 heterocycles. The van der Waals surface area contributed by atoms with Crippen LogP contribution in [0.5, 0.6) is 0 Å². The number of benzene rings is 1. The summed E-state index contributed by atoms with van der Waals surface area (Å²) in [6.45, 7) is 0. The second-order valence-electron chi connectivity index (χ2n) is 3.40. The molecular formula is C10H4Br3CuF5N2. The van der Waals surface area contributed by atoms with Crippen LogP contribution >= 0.6 is 44.2 Å². The van der Waals surface area contributed by atoms with E-state index in [4.69, 9.17) is 0 Å². The fourth-order valence-electron chi connectivity index (χ4n) is 1.35. The summed E-state index contributed by atoms with van der Waals surface area (Å²) in [6, 6.07) is 2.52. The first kappa shape index (κ1) is 19.1. The Labute approximate surface area is 144 Å². The summed E-state index contributed by atoms with van der Waals surface area (Å²) in [7, 11) is 0. The molecule has 0 fully saturated rings. The molecule has 0 spiro atoms. The molecular weight excluding hydrogens is 546 g/mol. The minimum absolute atomic E-state index is 0.143. The Morgan fingerprint density at radius 1 is 1.10 bits per heavy atom. The van der Waals surface area contributed by atoms with E-state index in [1.807, 2.05) is 0 Å². The molecule has 2 rings (SSSR count). The van der Waals surface area contributed by atoms with Crippen molar-refractivity contribution in [1.29, 1.82) is 0 Å². The molecule has 0 aliphatic heterocycles. The summed E-state index contributed by atoms with van der Waals surface area (Å²) >= 11 is 10.2. The normalized spacial score (nSPS) is 11.2. The molecule has 0 radical (unpaired) electrons. The monoisotopic (exact) mass is 547 g/mol. The Bertz CT molecular complexity index is 594. The summed E-state index contributed by atoms with van der Waals surface area (Å²) in [5.41, 5.74) is -1.88. The van der Waals surface area contributed by atoms with Gasteiger partial charge in [-0.3, -0.25) is 0 Å². The number of aromatic nitrogens is 2. The number of rotatable bonds is 1. The molecule has 0 bridgehead atoms. The second kappa shape index (κ2) is 8.05. The van der Waals surface area contributed by atoms with E-state index in [0.717, 1.165) is 18.3 Å². The van der Waals surface area contributed by atoms with Crippen molar-refractivity contribution >= 4 is 44.2 Å². The maximum absolute atomic E-state index is 13.5. The standard InChI is InChI=1S/C10H4BrF5N2.2BrH.Cu/c11-5-3-6(12)9(7(13)4-5)18-2-1-8(17-18)10(14,15)16;;;/h1-4H;2*1H;/q;;;+2/p-2. The Balaban J connectivity index is 0.000000677. The first-order chi connectivity index (χ1) is 9.70. The van der Waals surface area contributed by atoms with Crippen LogP contribution in [-0.2, 0) is 17.5 Å². The Kier molecular flexibility index (Phi) is 7.32. The topological polar surface area (TPSA) is 17.8 Å². The molecule has 0 atom stereocenters. The van der Waals surface area contributed by atoms with Crippen LogP contribution in [0.1, 0.15) is 5.69 Å². The number of halogens is 8. The van der Waals surface area contributed by atoms with Gasteiger partial charge in [-0.1, -0.05) is 15.9 Å². The molecule has 0 aliphatic rings. The minimum atomic E-state index is -4.66. The molecule has 121 valence electrons. The van der Waals surface area contributed by atoms with Crippen LogP contribution < -0.4 is 0 Å². The third-order valence-corrected chi connectivity index (χ3v) is 2.55. The van der Waals surface area contributed by atoms with Gasteiger partial charge in [0.15, 0.2) is 17.3 Å². The van der Waals surface area contributed by atoms with Gasteiger partial charge in [-0.2, -0.15) is 18.3 Å². The molecule has 1 aromatic heterocycles. The quantitative estimate of drug-likeness (QED) is 0.333. The van der Waals surface area contributed by atoms with E-state index in [-0.39, 0.29) is 4.47 Å². The van der Waals surface area contributed by atoms with Crippen LogP contribution in [0.2, 0.25) is 0 Å². The third kappa shape index (κ3) is 5.31. The van der Waals surface area contributed by atoms with E-state index >= 15 is 0 Å². The van der Waals surface area contributed by atoms with Crippen molar-refractivity contribution in [1.82, 2.24) is 9.78 Å². The van der Waals surface area contributed by atoms with Crippen LogP contribution in [0.4, 0.5) is 22.0 Å². The van der Waals surface area contributed by atoms with Crippen LogP contribution in [0.25, 0.3) is 5.69 Å². The van der Waals surface area contributed by atoms with Crippen LogP contribution in [0.3, 0.4) is 0 Å². The molecule has 0 N–H and O–H groups in total. The summed E-state index contributed by atoms with van der Waals surface area (Å²) in [5.74, 6) is -2.03. The maximum atomic E-state index is 13.5. The molecule has 0 saturated heterocycles. The Hall–Kier alpha value is 0.0395. The molecule has 21 heavy (non-hydrogen) atoms. The first-order valence-electron chi connectivity index (χ1n) is 4.79. The zero-order valence-corrected chi connectivity index (χ0v) is 15.2. The summed E-state index contributed by atoms with van der Waals surface area (Å²) in [5, 5.41) is 3.10. The van der Waals surface area contributed by atoms with Gasteiger partial charge in [-0.15, -0.1) is 0 Å². The van der Waals surface area contributed by atoms with Crippen molar-refractivity contribution in [2.45, 2.75) is 6.18 Å². The molecule has 2 aromatic rings. The van der Waals surface area contributed by atoms with Gasteiger partial charge in [0, 0.05) is 10.7 Å². The van der Waals surface area contributed by atoms with Gasteiger partial charge in [0.05, 0.1) is 0 Å². The van der Waals surface area contributed by atoms with Gasteiger partial charge in [0.2, 0.25) is 0 Å². The summed E-state index contributed by atoms with van der Waals surface area (Å²) < 4.78 is 64.6. The fourth-order valence-corrected chi connectivity index (χ4v) is 1.76. The van der Waals surface area contributed by atoms with E-state index in [0.29, 0.717) is 10.7 Å². The van der Waals surface area contributed by atoms with Crippen LogP contribution in [0.15, 0.2) is 28.9 Å². The molecule has 0 saturated carbocycles. The van der Waals surface area contributed by atoms with Gasteiger partial charge in [-0.25, -0.2) is 13.5 Å².